The Morgan fingerprint density at radius 1 is 1.32 bits per heavy atom. The van der Waals surface area contributed by atoms with Crippen LogP contribution in [0.3, 0.4) is 0 Å². The molecule has 6 nitrogen and oxygen atoms in total. The van der Waals surface area contributed by atoms with Crippen molar-refractivity contribution in [3.8, 4) is 0 Å². The van der Waals surface area contributed by atoms with Crippen molar-refractivity contribution in [1.82, 2.24) is 15.0 Å². The lowest BCUT2D eigenvalue weighted by molar-refractivity contribution is -0.105. The van der Waals surface area contributed by atoms with Crippen LogP contribution in [0.1, 0.15) is 36.9 Å². The maximum Gasteiger partial charge on any atom is 0.234 e. The van der Waals surface area contributed by atoms with Crippen molar-refractivity contribution >= 4 is 29.6 Å². The van der Waals surface area contributed by atoms with Crippen LogP contribution in [0.25, 0.3) is 0 Å². The van der Waals surface area contributed by atoms with E-state index in [0.717, 1.165) is 25.7 Å². The highest BCUT2D eigenvalue weighted by Crippen LogP contribution is 2.15. The number of amides is 1. The van der Waals surface area contributed by atoms with Gasteiger partial charge in [-0.15, -0.1) is 11.3 Å². The van der Waals surface area contributed by atoms with Crippen molar-refractivity contribution in [3.63, 3.8) is 0 Å². The van der Waals surface area contributed by atoms with Crippen molar-refractivity contribution in [1.29, 1.82) is 0 Å². The van der Waals surface area contributed by atoms with Crippen molar-refractivity contribution < 1.29 is 4.79 Å². The third kappa shape index (κ3) is 5.07. The molecule has 0 aliphatic rings. The molecule has 0 aliphatic heterocycles. The van der Waals surface area contributed by atoms with E-state index in [4.69, 9.17) is 0 Å². The van der Waals surface area contributed by atoms with Gasteiger partial charge in [-0.3, -0.25) is 10.1 Å². The lowest BCUT2D eigenvalue weighted by Gasteiger charge is -2.17. The van der Waals surface area contributed by atoms with Gasteiger partial charge in [0.15, 0.2) is 0 Å². The van der Waals surface area contributed by atoms with Gasteiger partial charge in [-0.05, 0) is 44.1 Å². The van der Waals surface area contributed by atoms with Gasteiger partial charge < -0.3 is 5.32 Å². The molecule has 0 saturated carbocycles. The Bertz CT molecular complexity index is 588. The zero-order valence-electron chi connectivity index (χ0n) is 12.9. The molecule has 22 heavy (non-hydrogen) atoms. The summed E-state index contributed by atoms with van der Waals surface area (Å²) in [5, 5.41) is 7.91. The van der Waals surface area contributed by atoms with Crippen LogP contribution in [0.4, 0.5) is 11.9 Å². The number of rotatable bonds is 9. The minimum absolute atomic E-state index is 0.276. The predicted molar refractivity (Wildman–Crippen MR) is 89.2 cm³/mol. The summed E-state index contributed by atoms with van der Waals surface area (Å²) in [7, 11) is 0. The molecule has 1 unspecified atom stereocenters. The lowest BCUT2D eigenvalue weighted by Crippen LogP contribution is -2.21. The normalized spacial score (nSPS) is 11.9. The molecule has 7 heteroatoms. The predicted octanol–water partition coefficient (Wildman–Crippen LogP) is 3.02. The summed E-state index contributed by atoms with van der Waals surface area (Å²) in [4.78, 5) is 24.4. The van der Waals surface area contributed by atoms with Gasteiger partial charge in [0.1, 0.15) is 5.82 Å². The number of carbonyl (C=O) groups excluding carboxylic acids is 1. The van der Waals surface area contributed by atoms with Gasteiger partial charge in [-0.25, -0.2) is 0 Å². The van der Waals surface area contributed by atoms with Gasteiger partial charge in [0.05, 0.1) is 0 Å². The van der Waals surface area contributed by atoms with Crippen molar-refractivity contribution in [3.05, 3.63) is 28.2 Å². The fraction of sp³-hybridized carbons (Fsp3) is 0.467. The van der Waals surface area contributed by atoms with Gasteiger partial charge in [0, 0.05) is 10.9 Å². The number of hydrogen-bond acceptors (Lipinski definition) is 6. The zero-order chi connectivity index (χ0) is 15.8. The number of hydrogen-bond donors (Lipinski definition) is 2. The van der Waals surface area contributed by atoms with E-state index in [-0.39, 0.29) is 5.95 Å². The Morgan fingerprint density at radius 3 is 2.82 bits per heavy atom. The highest BCUT2D eigenvalue weighted by Gasteiger charge is 2.10. The first kappa shape index (κ1) is 16.4. The van der Waals surface area contributed by atoms with E-state index < -0.39 is 0 Å². The summed E-state index contributed by atoms with van der Waals surface area (Å²) >= 11 is 1.80. The van der Waals surface area contributed by atoms with E-state index in [1.807, 2.05) is 0 Å². The summed E-state index contributed by atoms with van der Waals surface area (Å²) in [6, 6.07) is 4.57. The third-order valence-electron chi connectivity index (χ3n) is 3.32. The lowest BCUT2D eigenvalue weighted by atomic mass is 10.1. The number of carbonyl (C=O) groups is 1. The quantitative estimate of drug-likeness (QED) is 0.695. The Morgan fingerprint density at radius 2 is 2.14 bits per heavy atom. The van der Waals surface area contributed by atoms with E-state index in [2.05, 4.69) is 50.0 Å². The Balaban J connectivity index is 1.90. The van der Waals surface area contributed by atoms with Crippen molar-refractivity contribution in [2.24, 2.45) is 0 Å². The first-order chi connectivity index (χ1) is 10.7. The van der Waals surface area contributed by atoms with Gasteiger partial charge in [0.25, 0.3) is 0 Å². The van der Waals surface area contributed by atoms with E-state index in [0.29, 0.717) is 24.2 Å². The molecule has 0 saturated heterocycles. The number of aryl methyl sites for hydroxylation is 2. The first-order valence-corrected chi connectivity index (χ1v) is 8.31. The average Bonchev–Trinajstić information content (AvgIpc) is 2.99. The smallest absolute Gasteiger partial charge is 0.234 e. The summed E-state index contributed by atoms with van der Waals surface area (Å²) in [5.41, 5.74) is 0. The Kier molecular flexibility index (Phi) is 6.27. The fourth-order valence-corrected chi connectivity index (χ4v) is 2.95. The number of nitrogens with one attached hydrogen (secondary N) is 2. The standard InChI is InChI=1S/C15H21N5OS/c1-3-12(6-4-7-13-8-5-9-22-13)19-15-18-11(2)17-14(20-15)16-10-21/h5,8-10,12H,3-4,6-7H2,1-2H3,(H2,16,17,18,19,20,21). The molecule has 118 valence electrons. The Labute approximate surface area is 134 Å². The highest BCUT2D eigenvalue weighted by atomic mass is 32.1. The summed E-state index contributed by atoms with van der Waals surface area (Å²) in [5.74, 6) is 1.37. The Hall–Kier alpha value is -2.02. The van der Waals surface area contributed by atoms with Crippen LogP contribution in [-0.4, -0.2) is 27.4 Å². The number of aromatic nitrogens is 3. The maximum absolute atomic E-state index is 10.5. The largest absolute Gasteiger partial charge is 0.351 e. The molecular weight excluding hydrogens is 298 g/mol. The molecule has 2 rings (SSSR count). The molecule has 0 fully saturated rings. The van der Waals surface area contributed by atoms with Crippen LogP contribution in [0.15, 0.2) is 17.5 Å². The zero-order valence-corrected chi connectivity index (χ0v) is 13.7. The third-order valence-corrected chi connectivity index (χ3v) is 4.25. The van der Waals surface area contributed by atoms with Crippen LogP contribution in [-0.2, 0) is 11.2 Å². The monoisotopic (exact) mass is 319 g/mol. The van der Waals surface area contributed by atoms with Gasteiger partial charge >= 0.3 is 0 Å². The van der Waals surface area contributed by atoms with E-state index >= 15 is 0 Å². The van der Waals surface area contributed by atoms with Crippen LogP contribution in [0.5, 0.6) is 0 Å². The SMILES string of the molecule is CCC(CCCc1cccs1)Nc1nc(C)nc(NC=O)n1. The molecule has 2 aromatic heterocycles. The summed E-state index contributed by atoms with van der Waals surface area (Å²) < 4.78 is 0. The highest BCUT2D eigenvalue weighted by molar-refractivity contribution is 7.09. The second kappa shape index (κ2) is 8.43. The number of nitrogens with zero attached hydrogens (tertiary/aromatic N) is 3. The molecule has 0 spiro atoms. The first-order valence-electron chi connectivity index (χ1n) is 7.43. The van der Waals surface area contributed by atoms with E-state index in [1.54, 1.807) is 18.3 Å². The average molecular weight is 319 g/mol. The van der Waals surface area contributed by atoms with Crippen LogP contribution < -0.4 is 10.6 Å². The fourth-order valence-electron chi connectivity index (χ4n) is 2.20. The summed E-state index contributed by atoms with van der Waals surface area (Å²) in [6.07, 6.45) is 4.83. The minimum atomic E-state index is 0.276. The van der Waals surface area contributed by atoms with Crippen molar-refractivity contribution in [2.45, 2.75) is 45.6 Å². The number of thiophene rings is 1. The van der Waals surface area contributed by atoms with Gasteiger partial charge in [-0.1, -0.05) is 13.0 Å². The molecular formula is C15H21N5OS. The molecule has 1 atom stereocenters. The van der Waals surface area contributed by atoms with Gasteiger partial charge in [-0.2, -0.15) is 15.0 Å². The van der Waals surface area contributed by atoms with Crippen LogP contribution in [0.2, 0.25) is 0 Å². The van der Waals surface area contributed by atoms with Crippen LogP contribution in [0, 0.1) is 6.92 Å². The topological polar surface area (TPSA) is 79.8 Å². The van der Waals surface area contributed by atoms with E-state index in [1.165, 1.54) is 4.88 Å². The van der Waals surface area contributed by atoms with E-state index in [9.17, 15) is 4.79 Å². The van der Waals surface area contributed by atoms with Gasteiger partial charge in [0.2, 0.25) is 18.3 Å². The molecule has 2 N–H and O–H groups in total. The summed E-state index contributed by atoms with van der Waals surface area (Å²) in [6.45, 7) is 3.92. The molecule has 1 amide bonds. The second-order valence-corrected chi connectivity index (χ2v) is 6.05. The molecule has 2 aromatic rings. The molecule has 0 radical (unpaired) electrons. The molecule has 0 bridgehead atoms. The maximum atomic E-state index is 10.5. The second-order valence-electron chi connectivity index (χ2n) is 5.01. The minimum Gasteiger partial charge on any atom is -0.351 e. The molecule has 2 heterocycles. The van der Waals surface area contributed by atoms with Crippen molar-refractivity contribution in [2.75, 3.05) is 10.6 Å². The van der Waals surface area contributed by atoms with Crippen LogP contribution >= 0.6 is 11.3 Å². The number of anilines is 2. The molecule has 0 aromatic carbocycles. The molecule has 0 aliphatic carbocycles.